The van der Waals surface area contributed by atoms with Gasteiger partial charge in [-0.05, 0) is 18.2 Å². The average Bonchev–Trinajstić information content (AvgIpc) is 2.25. The smallest absolute Gasteiger partial charge is 0.242 e. The number of hydrogen-bond donors (Lipinski definition) is 4. The zero-order chi connectivity index (χ0) is 13.1. The Morgan fingerprint density at radius 3 is 2.65 bits per heavy atom. The molecule has 0 saturated heterocycles. The van der Waals surface area contributed by atoms with Gasteiger partial charge >= 0.3 is 0 Å². The van der Waals surface area contributed by atoms with Crippen LogP contribution in [0.15, 0.2) is 27.6 Å². The maximum absolute atomic E-state index is 11.8. The Kier molecular flexibility index (Phi) is 4.90. The summed E-state index contributed by atoms with van der Waals surface area (Å²) in [4.78, 5) is -0.0640. The van der Waals surface area contributed by atoms with Crippen LogP contribution in [0, 0.1) is 0 Å². The standard InChI is InChI=1S/C9H13BrN2O4S/c10-6-1-2-9(8(11)3-6)17(15,16)12-4-7(14)5-13/h1-3,7,12-14H,4-5,11H2. The lowest BCUT2D eigenvalue weighted by Crippen LogP contribution is -2.34. The highest BCUT2D eigenvalue weighted by Crippen LogP contribution is 2.22. The summed E-state index contributed by atoms with van der Waals surface area (Å²) in [5.41, 5.74) is 5.69. The highest BCUT2D eigenvalue weighted by atomic mass is 79.9. The van der Waals surface area contributed by atoms with Crippen molar-refractivity contribution in [1.82, 2.24) is 4.72 Å². The summed E-state index contributed by atoms with van der Waals surface area (Å²) in [6, 6.07) is 4.37. The first-order valence-corrected chi connectivity index (χ1v) is 6.98. The predicted molar refractivity (Wildman–Crippen MR) is 66.8 cm³/mol. The number of rotatable bonds is 5. The van der Waals surface area contributed by atoms with E-state index in [0.29, 0.717) is 4.47 Å². The van der Waals surface area contributed by atoms with Gasteiger partial charge in [0.1, 0.15) is 4.90 Å². The predicted octanol–water partition coefficient (Wildman–Crippen LogP) is -0.337. The monoisotopic (exact) mass is 324 g/mol. The number of hydrogen-bond acceptors (Lipinski definition) is 5. The van der Waals surface area contributed by atoms with Crippen molar-refractivity contribution in [3.63, 3.8) is 0 Å². The molecule has 6 nitrogen and oxygen atoms in total. The summed E-state index contributed by atoms with van der Waals surface area (Å²) in [5.74, 6) is 0. The number of aliphatic hydroxyl groups excluding tert-OH is 2. The molecular weight excluding hydrogens is 312 g/mol. The molecule has 0 spiro atoms. The molecule has 0 radical (unpaired) electrons. The van der Waals surface area contributed by atoms with Gasteiger partial charge in [0, 0.05) is 11.0 Å². The van der Waals surface area contributed by atoms with Crippen LogP contribution >= 0.6 is 15.9 Å². The Bertz CT molecular complexity index is 492. The molecule has 0 aromatic heterocycles. The van der Waals surface area contributed by atoms with E-state index < -0.39 is 22.7 Å². The third-order valence-electron chi connectivity index (χ3n) is 1.98. The van der Waals surface area contributed by atoms with E-state index in [4.69, 9.17) is 15.9 Å². The Morgan fingerprint density at radius 2 is 2.12 bits per heavy atom. The van der Waals surface area contributed by atoms with Gasteiger partial charge in [-0.15, -0.1) is 0 Å². The summed E-state index contributed by atoms with van der Waals surface area (Å²) in [5, 5.41) is 17.6. The molecule has 17 heavy (non-hydrogen) atoms. The molecule has 0 fully saturated rings. The molecule has 1 rings (SSSR count). The Labute approximate surface area is 108 Å². The Morgan fingerprint density at radius 1 is 1.47 bits per heavy atom. The molecule has 0 aliphatic rings. The summed E-state index contributed by atoms with van der Waals surface area (Å²) < 4.78 is 26.4. The van der Waals surface area contributed by atoms with Crippen molar-refractivity contribution in [3.05, 3.63) is 22.7 Å². The molecule has 0 heterocycles. The molecule has 0 saturated carbocycles. The van der Waals surface area contributed by atoms with Gasteiger partial charge in [-0.2, -0.15) is 0 Å². The second-order valence-corrected chi connectivity index (χ2v) is 6.02. The van der Waals surface area contributed by atoms with E-state index in [9.17, 15) is 8.42 Å². The number of nitrogen functional groups attached to an aromatic ring is 1. The van der Waals surface area contributed by atoms with Crippen molar-refractivity contribution in [2.75, 3.05) is 18.9 Å². The minimum atomic E-state index is -3.78. The number of halogens is 1. The van der Waals surface area contributed by atoms with E-state index in [1.807, 2.05) is 0 Å². The number of anilines is 1. The van der Waals surface area contributed by atoms with E-state index in [2.05, 4.69) is 20.7 Å². The van der Waals surface area contributed by atoms with E-state index in [0.717, 1.165) is 0 Å². The van der Waals surface area contributed by atoms with Crippen LogP contribution in [0.2, 0.25) is 0 Å². The van der Waals surface area contributed by atoms with Crippen molar-refractivity contribution < 1.29 is 18.6 Å². The van der Waals surface area contributed by atoms with Crippen molar-refractivity contribution in [2.45, 2.75) is 11.0 Å². The zero-order valence-corrected chi connectivity index (χ0v) is 11.2. The van der Waals surface area contributed by atoms with Crippen LogP contribution in [0.5, 0.6) is 0 Å². The lowest BCUT2D eigenvalue weighted by Gasteiger charge is -2.11. The first kappa shape index (κ1) is 14.4. The third kappa shape index (κ3) is 3.93. The Balaban J connectivity index is 2.90. The highest BCUT2D eigenvalue weighted by Gasteiger charge is 2.18. The van der Waals surface area contributed by atoms with Crippen LogP contribution in [0.3, 0.4) is 0 Å². The Hall–Kier alpha value is -0.670. The first-order valence-electron chi connectivity index (χ1n) is 4.70. The normalized spacial score (nSPS) is 13.6. The first-order chi connectivity index (χ1) is 7.86. The van der Waals surface area contributed by atoms with Gasteiger partial charge < -0.3 is 15.9 Å². The second-order valence-electron chi connectivity index (χ2n) is 3.37. The van der Waals surface area contributed by atoms with E-state index >= 15 is 0 Å². The summed E-state index contributed by atoms with van der Waals surface area (Å²) >= 11 is 3.17. The SMILES string of the molecule is Nc1cc(Br)ccc1S(=O)(=O)NCC(O)CO. The van der Waals surface area contributed by atoms with Gasteiger partial charge in [-0.25, -0.2) is 13.1 Å². The molecule has 0 amide bonds. The van der Waals surface area contributed by atoms with Gasteiger partial charge in [0.2, 0.25) is 10.0 Å². The number of nitrogens with two attached hydrogens (primary N) is 1. The third-order valence-corrected chi connectivity index (χ3v) is 3.97. The molecule has 0 bridgehead atoms. The quantitative estimate of drug-likeness (QED) is 0.554. The lowest BCUT2D eigenvalue weighted by molar-refractivity contribution is 0.0988. The van der Waals surface area contributed by atoms with Crippen molar-refractivity contribution in [3.8, 4) is 0 Å². The molecule has 0 aliphatic carbocycles. The van der Waals surface area contributed by atoms with Gasteiger partial charge in [0.15, 0.2) is 0 Å². The number of sulfonamides is 1. The van der Waals surface area contributed by atoms with Crippen molar-refractivity contribution in [2.24, 2.45) is 0 Å². The number of benzene rings is 1. The van der Waals surface area contributed by atoms with Crippen LogP contribution < -0.4 is 10.5 Å². The largest absolute Gasteiger partial charge is 0.398 e. The van der Waals surface area contributed by atoms with Gasteiger partial charge in [-0.3, -0.25) is 0 Å². The fourth-order valence-electron chi connectivity index (χ4n) is 1.11. The molecule has 0 aliphatic heterocycles. The molecule has 1 aromatic rings. The second kappa shape index (κ2) is 5.78. The molecular formula is C9H13BrN2O4S. The van der Waals surface area contributed by atoms with Gasteiger partial charge in [0.25, 0.3) is 0 Å². The van der Waals surface area contributed by atoms with Crippen molar-refractivity contribution in [1.29, 1.82) is 0 Å². The minimum Gasteiger partial charge on any atom is -0.398 e. The van der Waals surface area contributed by atoms with Crippen LogP contribution in [-0.2, 0) is 10.0 Å². The topological polar surface area (TPSA) is 113 Å². The lowest BCUT2D eigenvalue weighted by atomic mass is 10.3. The molecule has 1 unspecified atom stereocenters. The van der Waals surface area contributed by atoms with E-state index in [1.54, 1.807) is 6.07 Å². The molecule has 5 N–H and O–H groups in total. The maximum Gasteiger partial charge on any atom is 0.242 e. The molecule has 8 heteroatoms. The average molecular weight is 325 g/mol. The fourth-order valence-corrected chi connectivity index (χ4v) is 2.67. The number of nitrogens with one attached hydrogen (secondary N) is 1. The maximum atomic E-state index is 11.8. The fraction of sp³-hybridized carbons (Fsp3) is 0.333. The molecule has 1 aromatic carbocycles. The van der Waals surface area contributed by atoms with Crippen LogP contribution in [0.1, 0.15) is 0 Å². The van der Waals surface area contributed by atoms with Crippen LogP contribution in [-0.4, -0.2) is 37.9 Å². The molecule has 1 atom stereocenters. The summed E-state index contributed by atoms with van der Waals surface area (Å²) in [7, 11) is -3.78. The molecule has 96 valence electrons. The van der Waals surface area contributed by atoms with E-state index in [1.165, 1.54) is 12.1 Å². The van der Waals surface area contributed by atoms with Crippen LogP contribution in [0.4, 0.5) is 5.69 Å². The van der Waals surface area contributed by atoms with Gasteiger partial charge in [-0.1, -0.05) is 15.9 Å². The summed E-state index contributed by atoms with van der Waals surface area (Å²) in [6.07, 6.45) is -1.14. The minimum absolute atomic E-state index is 0.0640. The van der Waals surface area contributed by atoms with Gasteiger partial charge in [0.05, 0.1) is 18.4 Å². The zero-order valence-electron chi connectivity index (χ0n) is 8.80. The number of aliphatic hydroxyl groups is 2. The summed E-state index contributed by atoms with van der Waals surface area (Å²) in [6.45, 7) is -0.785. The van der Waals surface area contributed by atoms with E-state index in [-0.39, 0.29) is 17.1 Å². The highest BCUT2D eigenvalue weighted by molar-refractivity contribution is 9.10. The van der Waals surface area contributed by atoms with Crippen molar-refractivity contribution >= 4 is 31.6 Å². The van der Waals surface area contributed by atoms with Crippen LogP contribution in [0.25, 0.3) is 0 Å².